The minimum atomic E-state index is -1.91. The van der Waals surface area contributed by atoms with Gasteiger partial charge in [-0.15, -0.1) is 11.3 Å². The van der Waals surface area contributed by atoms with Crippen molar-refractivity contribution in [3.8, 4) is 0 Å². The summed E-state index contributed by atoms with van der Waals surface area (Å²) in [7, 11) is 1.31. The van der Waals surface area contributed by atoms with Crippen LogP contribution in [-0.4, -0.2) is 63.6 Å². The molecule has 4 aliphatic heterocycles. The van der Waals surface area contributed by atoms with E-state index in [1.54, 1.807) is 26.0 Å². The number of Topliss-reactive ketones (excluding diaryl/α,β-unsaturated/α-hetero) is 2. The van der Waals surface area contributed by atoms with Crippen molar-refractivity contribution in [1.82, 2.24) is 10.2 Å². The molecule has 6 aliphatic rings. The maximum absolute atomic E-state index is 13.9. The Morgan fingerprint density at radius 3 is 2.62 bits per heavy atom. The Bertz CT molecular complexity index is 1140. The maximum atomic E-state index is 13.9. The summed E-state index contributed by atoms with van der Waals surface area (Å²) in [5.74, 6) is -4.86. The fourth-order valence-electron chi connectivity index (χ4n) is 6.09. The molecule has 2 saturated carbocycles. The minimum absolute atomic E-state index is 0.00672. The molecular weight excluding hydrogens is 436 g/mol. The van der Waals surface area contributed by atoms with Gasteiger partial charge in [-0.25, -0.2) is 4.79 Å². The molecule has 2 amide bonds. The molecule has 2 N–H and O–H groups in total. The number of hydrogen-bond acceptors (Lipinski definition) is 7. The molecular formula is C22H22N2O7S. The van der Waals surface area contributed by atoms with Crippen LogP contribution in [0.4, 0.5) is 0 Å². The normalized spacial score (nSPS) is 34.3. The van der Waals surface area contributed by atoms with Gasteiger partial charge < -0.3 is 15.2 Å². The number of amides is 2. The van der Waals surface area contributed by atoms with Crippen molar-refractivity contribution in [1.29, 1.82) is 0 Å². The monoisotopic (exact) mass is 458 g/mol. The van der Waals surface area contributed by atoms with Crippen molar-refractivity contribution in [2.45, 2.75) is 50.3 Å². The smallest absolute Gasteiger partial charge is 0.353 e. The first-order valence-corrected chi connectivity index (χ1v) is 11.2. The highest BCUT2D eigenvalue weighted by Crippen LogP contribution is 2.68. The van der Waals surface area contributed by atoms with Gasteiger partial charge in [0.1, 0.15) is 11.3 Å². The van der Waals surface area contributed by atoms with Crippen LogP contribution < -0.4 is 5.32 Å². The van der Waals surface area contributed by atoms with E-state index in [1.807, 2.05) is 5.38 Å². The number of fused-ring (bicyclic) bond motifs is 1. The van der Waals surface area contributed by atoms with Crippen LogP contribution in [0, 0.1) is 11.3 Å². The molecule has 3 fully saturated rings. The van der Waals surface area contributed by atoms with Crippen LogP contribution in [0.25, 0.3) is 0 Å². The number of rotatable bonds is 5. The lowest BCUT2D eigenvalue weighted by Gasteiger charge is -2.56. The summed E-state index contributed by atoms with van der Waals surface area (Å²) in [6, 6.07) is 2.71. The lowest BCUT2D eigenvalue weighted by Crippen LogP contribution is -2.84. The number of thiophene rings is 1. The van der Waals surface area contributed by atoms with Gasteiger partial charge in [-0.1, -0.05) is 19.9 Å². The van der Waals surface area contributed by atoms with Crippen LogP contribution in [0.5, 0.6) is 0 Å². The quantitative estimate of drug-likeness (QED) is 0.490. The fourth-order valence-corrected chi connectivity index (χ4v) is 6.79. The first-order chi connectivity index (χ1) is 15.1. The molecule has 1 saturated heterocycles. The van der Waals surface area contributed by atoms with E-state index in [0.29, 0.717) is 0 Å². The lowest BCUT2D eigenvalue weighted by atomic mass is 9.68. The van der Waals surface area contributed by atoms with E-state index in [-0.39, 0.29) is 24.8 Å². The summed E-state index contributed by atoms with van der Waals surface area (Å²) < 4.78 is 5.62. The van der Waals surface area contributed by atoms with Gasteiger partial charge in [0, 0.05) is 23.0 Å². The van der Waals surface area contributed by atoms with Crippen LogP contribution in [0.15, 0.2) is 28.8 Å². The predicted molar refractivity (Wildman–Crippen MR) is 110 cm³/mol. The number of β-lactam (4-membered cyclic amide) rings is 1. The molecule has 2 unspecified atom stereocenters. The number of ether oxygens (including phenoxy) is 1. The summed E-state index contributed by atoms with van der Waals surface area (Å²) >= 11 is 1.38. The van der Waals surface area contributed by atoms with Crippen molar-refractivity contribution < 1.29 is 33.8 Å². The number of carboxylic acid groups (broad SMARTS) is 1. The summed E-state index contributed by atoms with van der Waals surface area (Å²) in [5.41, 5.74) is -4.86. The van der Waals surface area contributed by atoms with Gasteiger partial charge >= 0.3 is 5.97 Å². The standard InChI is InChI=1S/C22H22N2O7S/c1-20(2)15-17(27)21(23-13(25)9-10-5-4-8-32-10)12-7-6-11(16(26)22(15,20)31-3)14(18(28)29)24(12)19(21)30/h4-5,8,12,15H,6-7,9H2,1-3H3,(H,23,25)(H,28,29)/t12-,15?,21-,22?/m0/s1. The molecule has 9 nitrogen and oxygen atoms in total. The van der Waals surface area contributed by atoms with Crippen LogP contribution in [-0.2, 0) is 35.1 Å². The highest BCUT2D eigenvalue weighted by molar-refractivity contribution is 7.10. The van der Waals surface area contributed by atoms with E-state index in [9.17, 15) is 29.1 Å². The Morgan fingerprint density at radius 1 is 1.31 bits per heavy atom. The van der Waals surface area contributed by atoms with Gasteiger partial charge in [0.05, 0.1) is 18.4 Å². The number of hydrogen-bond donors (Lipinski definition) is 2. The second-order valence-electron chi connectivity index (χ2n) is 9.26. The van der Waals surface area contributed by atoms with Crippen molar-refractivity contribution in [2.24, 2.45) is 11.3 Å². The topological polar surface area (TPSA) is 130 Å². The van der Waals surface area contributed by atoms with Gasteiger partial charge in [-0.05, 0) is 24.3 Å². The molecule has 0 aromatic carbocycles. The predicted octanol–water partition coefficient (Wildman–Crippen LogP) is 0.682. The van der Waals surface area contributed by atoms with Gasteiger partial charge in [-0.2, -0.15) is 0 Å². The first kappa shape index (κ1) is 21.0. The van der Waals surface area contributed by atoms with E-state index in [2.05, 4.69) is 5.32 Å². The number of carbonyl (C=O) groups excluding carboxylic acids is 4. The molecule has 0 spiro atoms. The van der Waals surface area contributed by atoms with E-state index in [1.165, 1.54) is 18.4 Å². The number of methoxy groups -OCH3 is 1. The molecule has 168 valence electrons. The molecule has 2 aliphatic carbocycles. The van der Waals surface area contributed by atoms with Gasteiger partial charge in [0.15, 0.2) is 17.1 Å². The molecule has 0 radical (unpaired) electrons. The Hall–Kier alpha value is -2.85. The molecule has 1 aromatic rings. The Morgan fingerprint density at radius 2 is 2.03 bits per heavy atom. The number of carboxylic acids is 1. The van der Waals surface area contributed by atoms with E-state index in [4.69, 9.17) is 4.74 Å². The molecule has 32 heavy (non-hydrogen) atoms. The van der Waals surface area contributed by atoms with Crippen LogP contribution in [0.2, 0.25) is 0 Å². The average molecular weight is 458 g/mol. The first-order valence-electron chi connectivity index (χ1n) is 10.3. The van der Waals surface area contributed by atoms with E-state index >= 15 is 0 Å². The molecule has 7 rings (SSSR count). The number of nitrogens with zero attached hydrogens (tertiary/aromatic N) is 1. The Kier molecular flexibility index (Phi) is 4.17. The Labute approximate surface area is 187 Å². The summed E-state index contributed by atoms with van der Waals surface area (Å²) in [5, 5.41) is 14.4. The van der Waals surface area contributed by atoms with Crippen LogP contribution >= 0.6 is 11.3 Å². The summed E-state index contributed by atoms with van der Waals surface area (Å²) in [6.45, 7) is 3.38. The zero-order chi connectivity index (χ0) is 23.2. The fraction of sp³-hybridized carbons (Fsp3) is 0.500. The van der Waals surface area contributed by atoms with Gasteiger partial charge in [0.25, 0.3) is 5.91 Å². The third kappa shape index (κ3) is 2.19. The Balaban J connectivity index is 1.65. The van der Waals surface area contributed by atoms with E-state index in [0.717, 1.165) is 9.78 Å². The van der Waals surface area contributed by atoms with Crippen molar-refractivity contribution >= 4 is 40.7 Å². The number of aliphatic carboxylic acids is 1. The molecule has 4 bridgehead atoms. The highest BCUT2D eigenvalue weighted by Gasteiger charge is 2.85. The van der Waals surface area contributed by atoms with E-state index < -0.39 is 63.6 Å². The van der Waals surface area contributed by atoms with Crippen molar-refractivity contribution in [3.05, 3.63) is 33.7 Å². The zero-order valence-corrected chi connectivity index (χ0v) is 18.6. The van der Waals surface area contributed by atoms with Gasteiger partial charge in [-0.3, -0.25) is 24.1 Å². The molecule has 5 heterocycles. The zero-order valence-electron chi connectivity index (χ0n) is 17.8. The maximum Gasteiger partial charge on any atom is 0.353 e. The number of ketones is 2. The SMILES string of the molecule is COC12C(=O)C3=C(C(=O)O)N4C(=O)[C@@](NC(=O)Cc5cccs5)(C(=O)C1C2(C)C)[C@@H]4CC3. The number of carbonyl (C=O) groups is 5. The van der Waals surface area contributed by atoms with Crippen LogP contribution in [0.3, 0.4) is 0 Å². The third-order valence-corrected chi connectivity index (χ3v) is 8.48. The van der Waals surface area contributed by atoms with Crippen molar-refractivity contribution in [2.75, 3.05) is 7.11 Å². The highest BCUT2D eigenvalue weighted by atomic mass is 32.1. The molecule has 10 heteroatoms. The van der Waals surface area contributed by atoms with Crippen LogP contribution in [0.1, 0.15) is 31.6 Å². The largest absolute Gasteiger partial charge is 0.477 e. The van der Waals surface area contributed by atoms with Crippen molar-refractivity contribution in [3.63, 3.8) is 0 Å². The second-order valence-corrected chi connectivity index (χ2v) is 10.3. The summed E-state index contributed by atoms with van der Waals surface area (Å²) in [4.78, 5) is 67.8. The summed E-state index contributed by atoms with van der Waals surface area (Å²) in [6.07, 6.45) is 0.266. The molecule has 1 aromatic heterocycles. The third-order valence-electron chi connectivity index (χ3n) is 7.60. The molecule has 4 atom stereocenters. The van der Waals surface area contributed by atoms with Gasteiger partial charge in [0.2, 0.25) is 5.91 Å². The average Bonchev–Trinajstić information content (AvgIpc) is 3.03. The lowest BCUT2D eigenvalue weighted by molar-refractivity contribution is -0.172. The minimum Gasteiger partial charge on any atom is -0.477 e. The number of nitrogens with one attached hydrogen (secondary N) is 1. The second kappa shape index (κ2) is 6.35.